The molecule has 0 saturated heterocycles. The molecule has 0 bridgehead atoms. The Kier molecular flexibility index (Phi) is 3.33. The smallest absolute Gasteiger partial charge is 0.325 e. The fraction of sp³-hybridized carbons (Fsp3) is 0.222. The normalized spacial score (nSPS) is 10.4. The number of nitrogens with zero attached hydrogens (tertiary/aromatic N) is 5. The van der Waals surface area contributed by atoms with Crippen molar-refractivity contribution in [2.24, 2.45) is 0 Å². The van der Waals surface area contributed by atoms with Gasteiger partial charge in [-0.15, -0.1) is 5.10 Å². The predicted molar refractivity (Wildman–Crippen MR) is 58.5 cm³/mol. The highest BCUT2D eigenvalue weighted by Gasteiger charge is 2.10. The summed E-state index contributed by atoms with van der Waals surface area (Å²) in [5, 5.41) is 20.0. The molecule has 0 unspecified atom stereocenters. The van der Waals surface area contributed by atoms with Crippen molar-refractivity contribution in [1.29, 1.82) is 0 Å². The molecule has 0 fully saturated rings. The Morgan fingerprint density at radius 2 is 2.41 bits per heavy atom. The molecule has 0 aliphatic carbocycles. The Morgan fingerprint density at radius 1 is 1.59 bits per heavy atom. The van der Waals surface area contributed by atoms with Crippen molar-refractivity contribution < 1.29 is 9.90 Å². The third kappa shape index (κ3) is 3.00. The first kappa shape index (κ1) is 11.5. The molecule has 0 amide bonds. The van der Waals surface area contributed by atoms with Gasteiger partial charge in [-0.1, -0.05) is 0 Å². The molecule has 0 aromatic carbocycles. The second-order valence-corrected chi connectivity index (χ2v) is 4.29. The van der Waals surface area contributed by atoms with Gasteiger partial charge in [-0.05, 0) is 41.2 Å². The molecule has 2 aromatic rings. The van der Waals surface area contributed by atoms with Crippen LogP contribution in [0.5, 0.6) is 0 Å². The maximum atomic E-state index is 10.6. The minimum Gasteiger partial charge on any atom is -0.480 e. The molecule has 0 aliphatic rings. The van der Waals surface area contributed by atoms with E-state index in [1.807, 2.05) is 19.1 Å². The summed E-state index contributed by atoms with van der Waals surface area (Å²) >= 11 is 1.30. The van der Waals surface area contributed by atoms with E-state index in [9.17, 15) is 4.79 Å². The topological polar surface area (TPSA) is 93.8 Å². The number of hydrogen-bond acceptors (Lipinski definition) is 6. The highest BCUT2D eigenvalue weighted by molar-refractivity contribution is 7.99. The van der Waals surface area contributed by atoms with Crippen LogP contribution in [0.2, 0.25) is 0 Å². The van der Waals surface area contributed by atoms with E-state index in [-0.39, 0.29) is 6.54 Å². The number of tetrazole rings is 1. The van der Waals surface area contributed by atoms with Gasteiger partial charge in [0, 0.05) is 16.8 Å². The van der Waals surface area contributed by atoms with Crippen LogP contribution in [-0.4, -0.2) is 36.3 Å². The molecule has 8 heteroatoms. The van der Waals surface area contributed by atoms with Crippen LogP contribution in [-0.2, 0) is 11.3 Å². The maximum absolute atomic E-state index is 10.6. The number of carbonyl (C=O) groups is 1. The second kappa shape index (κ2) is 4.91. The number of carboxylic acid groups (broad SMARTS) is 1. The van der Waals surface area contributed by atoms with Gasteiger partial charge in [0.25, 0.3) is 0 Å². The summed E-state index contributed by atoms with van der Waals surface area (Å²) in [4.78, 5) is 15.6. The Bertz CT molecular complexity index is 542. The number of pyridine rings is 1. The van der Waals surface area contributed by atoms with Crippen molar-refractivity contribution in [3.63, 3.8) is 0 Å². The molecule has 2 heterocycles. The van der Waals surface area contributed by atoms with E-state index in [2.05, 4.69) is 20.5 Å². The van der Waals surface area contributed by atoms with Gasteiger partial charge in [-0.25, -0.2) is 4.68 Å². The van der Waals surface area contributed by atoms with Crippen molar-refractivity contribution in [3.05, 3.63) is 24.0 Å². The summed E-state index contributed by atoms with van der Waals surface area (Å²) in [7, 11) is 0. The van der Waals surface area contributed by atoms with Crippen LogP contribution in [0, 0.1) is 6.92 Å². The number of aromatic nitrogens is 5. The molecule has 2 rings (SSSR count). The predicted octanol–water partition coefficient (Wildman–Crippen LogP) is 0.612. The Hall–Kier alpha value is -1.96. The Labute approximate surface area is 101 Å². The van der Waals surface area contributed by atoms with E-state index in [1.54, 1.807) is 6.20 Å². The number of carboxylic acids is 1. The van der Waals surface area contributed by atoms with Crippen LogP contribution < -0.4 is 0 Å². The van der Waals surface area contributed by atoms with Crippen molar-refractivity contribution in [3.8, 4) is 0 Å². The van der Waals surface area contributed by atoms with Crippen LogP contribution in [0.25, 0.3) is 0 Å². The Balaban J connectivity index is 2.18. The molecule has 0 saturated carbocycles. The molecule has 0 spiro atoms. The van der Waals surface area contributed by atoms with E-state index in [0.717, 1.165) is 10.6 Å². The number of aryl methyl sites for hydroxylation is 1. The molecular formula is C9H9N5O2S. The average molecular weight is 251 g/mol. The number of aliphatic carboxylic acids is 1. The van der Waals surface area contributed by atoms with Gasteiger partial charge in [0.2, 0.25) is 5.16 Å². The highest BCUT2D eigenvalue weighted by atomic mass is 32.2. The van der Waals surface area contributed by atoms with E-state index < -0.39 is 5.97 Å². The standard InChI is InChI=1S/C9H9N5O2S/c1-6-4-7(2-3-10-6)17-9-11-12-13-14(9)5-8(15)16/h2-4H,5H2,1H3,(H,15,16). The van der Waals surface area contributed by atoms with Crippen molar-refractivity contribution in [2.75, 3.05) is 0 Å². The lowest BCUT2D eigenvalue weighted by atomic mass is 10.4. The summed E-state index contributed by atoms with van der Waals surface area (Å²) < 4.78 is 1.24. The molecule has 17 heavy (non-hydrogen) atoms. The average Bonchev–Trinajstić information content (AvgIpc) is 2.65. The number of rotatable bonds is 4. The first-order valence-corrected chi connectivity index (χ1v) is 5.55. The first-order chi connectivity index (χ1) is 8.15. The van der Waals surface area contributed by atoms with Crippen LogP contribution >= 0.6 is 11.8 Å². The fourth-order valence-electron chi connectivity index (χ4n) is 1.19. The molecule has 0 radical (unpaired) electrons. The minimum atomic E-state index is -0.981. The number of hydrogen-bond donors (Lipinski definition) is 1. The van der Waals surface area contributed by atoms with E-state index in [1.165, 1.54) is 16.4 Å². The fourth-order valence-corrected chi connectivity index (χ4v) is 2.04. The zero-order valence-electron chi connectivity index (χ0n) is 8.94. The third-order valence-corrected chi connectivity index (χ3v) is 2.83. The van der Waals surface area contributed by atoms with E-state index in [4.69, 9.17) is 5.11 Å². The van der Waals surface area contributed by atoms with Gasteiger partial charge >= 0.3 is 5.97 Å². The zero-order chi connectivity index (χ0) is 12.3. The van der Waals surface area contributed by atoms with Crippen LogP contribution in [0.4, 0.5) is 0 Å². The summed E-state index contributed by atoms with van der Waals surface area (Å²) in [6.07, 6.45) is 1.68. The van der Waals surface area contributed by atoms with Crippen LogP contribution in [0.3, 0.4) is 0 Å². The zero-order valence-corrected chi connectivity index (χ0v) is 9.76. The van der Waals surface area contributed by atoms with Gasteiger partial charge in [-0.3, -0.25) is 9.78 Å². The molecule has 0 aliphatic heterocycles. The van der Waals surface area contributed by atoms with Crippen molar-refractivity contribution >= 4 is 17.7 Å². The van der Waals surface area contributed by atoms with Crippen LogP contribution in [0.1, 0.15) is 5.69 Å². The molecule has 2 aromatic heterocycles. The van der Waals surface area contributed by atoms with Gasteiger partial charge in [-0.2, -0.15) is 0 Å². The van der Waals surface area contributed by atoms with Gasteiger partial charge < -0.3 is 5.11 Å². The van der Waals surface area contributed by atoms with Gasteiger partial charge in [0.05, 0.1) is 0 Å². The summed E-state index contributed by atoms with van der Waals surface area (Å²) in [5.41, 5.74) is 0.882. The minimum absolute atomic E-state index is 0.251. The van der Waals surface area contributed by atoms with Crippen molar-refractivity contribution in [1.82, 2.24) is 25.2 Å². The van der Waals surface area contributed by atoms with Gasteiger partial charge in [0.15, 0.2) is 0 Å². The monoisotopic (exact) mass is 251 g/mol. The largest absolute Gasteiger partial charge is 0.480 e. The molecule has 1 N–H and O–H groups in total. The maximum Gasteiger partial charge on any atom is 0.325 e. The summed E-state index contributed by atoms with van der Waals surface area (Å²) in [6, 6.07) is 3.70. The Morgan fingerprint density at radius 3 is 3.12 bits per heavy atom. The SMILES string of the molecule is Cc1cc(Sc2nnnn2CC(=O)O)ccn1. The quantitative estimate of drug-likeness (QED) is 0.850. The van der Waals surface area contributed by atoms with Crippen molar-refractivity contribution in [2.45, 2.75) is 23.5 Å². The first-order valence-electron chi connectivity index (χ1n) is 4.73. The highest BCUT2D eigenvalue weighted by Crippen LogP contribution is 2.24. The van der Waals surface area contributed by atoms with Gasteiger partial charge in [0.1, 0.15) is 6.54 Å². The van der Waals surface area contributed by atoms with Crippen LogP contribution in [0.15, 0.2) is 28.4 Å². The second-order valence-electron chi connectivity index (χ2n) is 3.25. The molecule has 88 valence electrons. The molecule has 0 atom stereocenters. The third-order valence-electron chi connectivity index (χ3n) is 1.86. The van der Waals surface area contributed by atoms with E-state index >= 15 is 0 Å². The van der Waals surface area contributed by atoms with E-state index in [0.29, 0.717) is 5.16 Å². The molecule has 7 nitrogen and oxygen atoms in total. The molecular weight excluding hydrogens is 242 g/mol. The lowest BCUT2D eigenvalue weighted by molar-refractivity contribution is -0.138. The summed E-state index contributed by atoms with van der Waals surface area (Å²) in [5.74, 6) is -0.981. The lowest BCUT2D eigenvalue weighted by Gasteiger charge is -2.01. The lowest BCUT2D eigenvalue weighted by Crippen LogP contribution is -2.11. The summed E-state index contributed by atoms with van der Waals surface area (Å²) in [6.45, 7) is 1.63.